The van der Waals surface area contributed by atoms with Crippen LogP contribution in [0.2, 0.25) is 10.0 Å². The topological polar surface area (TPSA) is 71.1 Å². The second-order valence-electron chi connectivity index (χ2n) is 4.13. The highest BCUT2D eigenvalue weighted by Gasteiger charge is 2.13. The Morgan fingerprint density at radius 2 is 2.05 bits per heavy atom. The van der Waals surface area contributed by atoms with Crippen LogP contribution < -0.4 is 10.6 Å². The molecule has 2 N–H and O–H groups in total. The second kappa shape index (κ2) is 7.78. The minimum absolute atomic E-state index is 0.201. The van der Waals surface area contributed by atoms with Gasteiger partial charge in [0, 0.05) is 10.4 Å². The molecule has 0 aliphatic carbocycles. The summed E-state index contributed by atoms with van der Waals surface area (Å²) in [5.41, 5.74) is 0.927. The van der Waals surface area contributed by atoms with Gasteiger partial charge in [-0.25, -0.2) is 4.98 Å². The summed E-state index contributed by atoms with van der Waals surface area (Å²) in [6.07, 6.45) is 0. The highest BCUT2D eigenvalue weighted by atomic mass is 35.5. The number of rotatable bonds is 5. The van der Waals surface area contributed by atoms with Gasteiger partial charge in [-0.2, -0.15) is 0 Å². The van der Waals surface area contributed by atoms with E-state index in [9.17, 15) is 9.59 Å². The molecule has 0 saturated carbocycles. The Morgan fingerprint density at radius 3 is 2.68 bits per heavy atom. The smallest absolute Gasteiger partial charge is 0.253 e. The number of alkyl halides is 1. The van der Waals surface area contributed by atoms with Crippen LogP contribution >= 0.6 is 46.1 Å². The van der Waals surface area contributed by atoms with Crippen LogP contribution in [0.1, 0.15) is 16.1 Å². The van der Waals surface area contributed by atoms with E-state index in [0.717, 1.165) is 0 Å². The van der Waals surface area contributed by atoms with Crippen LogP contribution in [0.15, 0.2) is 23.6 Å². The van der Waals surface area contributed by atoms with Crippen molar-refractivity contribution in [2.24, 2.45) is 0 Å². The monoisotopic (exact) mass is 377 g/mol. The number of anilines is 1. The molecule has 0 unspecified atom stereocenters. The molecule has 5 nitrogen and oxygen atoms in total. The Morgan fingerprint density at radius 1 is 1.27 bits per heavy atom. The Kier molecular flexibility index (Phi) is 6.02. The van der Waals surface area contributed by atoms with Gasteiger partial charge in [-0.3, -0.25) is 9.59 Å². The van der Waals surface area contributed by atoms with E-state index in [1.54, 1.807) is 11.4 Å². The summed E-state index contributed by atoms with van der Waals surface area (Å²) >= 11 is 18.6. The van der Waals surface area contributed by atoms with E-state index in [0.29, 0.717) is 15.8 Å². The van der Waals surface area contributed by atoms with Gasteiger partial charge in [-0.05, 0) is 18.2 Å². The van der Waals surface area contributed by atoms with Crippen molar-refractivity contribution in [2.75, 3.05) is 11.9 Å². The molecule has 2 amide bonds. The summed E-state index contributed by atoms with van der Waals surface area (Å²) in [6, 6.07) is 4.50. The van der Waals surface area contributed by atoms with E-state index in [4.69, 9.17) is 34.8 Å². The summed E-state index contributed by atoms with van der Waals surface area (Å²) in [6.45, 7) is -0.201. The molecule has 116 valence electrons. The molecule has 22 heavy (non-hydrogen) atoms. The van der Waals surface area contributed by atoms with Gasteiger partial charge >= 0.3 is 0 Å². The number of hydrogen-bond acceptors (Lipinski definition) is 4. The van der Waals surface area contributed by atoms with E-state index >= 15 is 0 Å². The first kappa shape index (κ1) is 17.0. The maximum absolute atomic E-state index is 11.9. The van der Waals surface area contributed by atoms with Crippen molar-refractivity contribution >= 4 is 63.1 Å². The molecule has 1 aromatic carbocycles. The van der Waals surface area contributed by atoms with Gasteiger partial charge in [-0.15, -0.1) is 22.9 Å². The fourth-order valence-corrected chi connectivity index (χ4v) is 2.97. The van der Waals surface area contributed by atoms with Gasteiger partial charge < -0.3 is 10.6 Å². The number of carbonyl (C=O) groups excluding carboxylic acids is 2. The van der Waals surface area contributed by atoms with E-state index < -0.39 is 11.8 Å². The molecule has 2 aromatic rings. The van der Waals surface area contributed by atoms with Crippen LogP contribution in [0.3, 0.4) is 0 Å². The largest absolute Gasteiger partial charge is 0.343 e. The number of hydrogen-bond donors (Lipinski definition) is 2. The molecule has 1 aromatic heterocycles. The van der Waals surface area contributed by atoms with Crippen LogP contribution in [-0.4, -0.2) is 23.3 Å². The SMILES string of the molecule is O=C(CNC(=O)c1ccc(Cl)cc1Cl)Nc1nc(CCl)cs1. The van der Waals surface area contributed by atoms with Crippen molar-refractivity contribution in [3.8, 4) is 0 Å². The van der Waals surface area contributed by atoms with Crippen LogP contribution in [0, 0.1) is 0 Å². The molecule has 0 aliphatic rings. The summed E-state index contributed by atoms with van der Waals surface area (Å²) < 4.78 is 0. The molecule has 0 bridgehead atoms. The third kappa shape index (κ3) is 4.58. The average Bonchev–Trinajstić information content (AvgIpc) is 2.92. The van der Waals surface area contributed by atoms with Crippen molar-refractivity contribution in [1.82, 2.24) is 10.3 Å². The van der Waals surface area contributed by atoms with Crippen LogP contribution in [-0.2, 0) is 10.7 Å². The fraction of sp³-hybridized carbons (Fsp3) is 0.154. The highest BCUT2D eigenvalue weighted by Crippen LogP contribution is 2.20. The Hall–Kier alpha value is -1.34. The van der Waals surface area contributed by atoms with E-state index in [-0.39, 0.29) is 23.0 Å². The number of carbonyl (C=O) groups is 2. The van der Waals surface area contributed by atoms with Crippen molar-refractivity contribution in [1.29, 1.82) is 0 Å². The highest BCUT2D eigenvalue weighted by molar-refractivity contribution is 7.14. The number of aromatic nitrogens is 1. The van der Waals surface area contributed by atoms with Crippen LogP contribution in [0.4, 0.5) is 5.13 Å². The van der Waals surface area contributed by atoms with Gasteiger partial charge in [-0.1, -0.05) is 23.2 Å². The van der Waals surface area contributed by atoms with Gasteiger partial charge in [0.25, 0.3) is 5.91 Å². The second-order valence-corrected chi connectivity index (χ2v) is 6.10. The molecular weight excluding hydrogens is 369 g/mol. The van der Waals surface area contributed by atoms with Crippen molar-refractivity contribution in [2.45, 2.75) is 5.88 Å². The molecule has 0 fully saturated rings. The van der Waals surface area contributed by atoms with E-state index in [1.807, 2.05) is 0 Å². The van der Waals surface area contributed by atoms with Gasteiger partial charge in [0.1, 0.15) is 0 Å². The van der Waals surface area contributed by atoms with Crippen LogP contribution in [0.25, 0.3) is 0 Å². The third-order valence-corrected chi connectivity index (χ3v) is 4.15. The quantitative estimate of drug-likeness (QED) is 0.782. The standard InChI is InChI=1S/C13H10Cl3N3O2S/c14-4-8-6-22-13(18-8)19-11(20)5-17-12(21)9-2-1-7(15)3-10(9)16/h1-3,6H,4-5H2,(H,17,21)(H,18,19,20). The number of halogens is 3. The summed E-state index contributed by atoms with van der Waals surface area (Å²) in [5.74, 6) is -0.579. The Bertz CT molecular complexity index is 706. The molecule has 9 heteroatoms. The minimum Gasteiger partial charge on any atom is -0.343 e. The lowest BCUT2D eigenvalue weighted by Gasteiger charge is -2.06. The van der Waals surface area contributed by atoms with Gasteiger partial charge in [0.2, 0.25) is 5.91 Å². The van der Waals surface area contributed by atoms with Gasteiger partial charge in [0.15, 0.2) is 5.13 Å². The average molecular weight is 379 g/mol. The lowest BCUT2D eigenvalue weighted by atomic mass is 10.2. The number of benzene rings is 1. The van der Waals surface area contributed by atoms with Crippen LogP contribution in [0.5, 0.6) is 0 Å². The lowest BCUT2D eigenvalue weighted by Crippen LogP contribution is -2.33. The van der Waals surface area contributed by atoms with Gasteiger partial charge in [0.05, 0.1) is 28.7 Å². The number of nitrogens with one attached hydrogen (secondary N) is 2. The molecule has 1 heterocycles. The van der Waals surface area contributed by atoms with E-state index in [1.165, 1.54) is 23.5 Å². The first-order valence-corrected chi connectivity index (χ1v) is 8.20. The first-order chi connectivity index (χ1) is 10.5. The first-order valence-electron chi connectivity index (χ1n) is 6.03. The summed E-state index contributed by atoms with van der Waals surface area (Å²) in [7, 11) is 0. The van der Waals surface area contributed by atoms with Crippen molar-refractivity contribution in [3.05, 3.63) is 44.9 Å². The number of amides is 2. The minimum atomic E-state index is -0.461. The maximum Gasteiger partial charge on any atom is 0.253 e. The normalized spacial score (nSPS) is 10.3. The van der Waals surface area contributed by atoms with Crippen molar-refractivity contribution in [3.63, 3.8) is 0 Å². The molecule has 0 aliphatic heterocycles. The lowest BCUT2D eigenvalue weighted by molar-refractivity contribution is -0.115. The summed E-state index contributed by atoms with van der Waals surface area (Å²) in [4.78, 5) is 27.8. The van der Waals surface area contributed by atoms with E-state index in [2.05, 4.69) is 15.6 Å². The molecule has 0 atom stereocenters. The third-order valence-electron chi connectivity index (χ3n) is 2.52. The Balaban J connectivity index is 1.89. The molecule has 0 saturated heterocycles. The zero-order chi connectivity index (χ0) is 16.1. The number of thiazole rings is 1. The Labute approximate surface area is 145 Å². The maximum atomic E-state index is 11.9. The predicted octanol–water partition coefficient (Wildman–Crippen LogP) is 3.56. The number of nitrogens with zero attached hydrogens (tertiary/aromatic N) is 1. The predicted molar refractivity (Wildman–Crippen MR) is 89.1 cm³/mol. The molecule has 0 spiro atoms. The zero-order valence-corrected chi connectivity index (χ0v) is 14.1. The molecule has 2 rings (SSSR count). The zero-order valence-electron chi connectivity index (χ0n) is 11.0. The summed E-state index contributed by atoms with van der Waals surface area (Å²) in [5, 5.41) is 7.86. The van der Waals surface area contributed by atoms with Crippen molar-refractivity contribution < 1.29 is 9.59 Å². The molecule has 0 radical (unpaired) electrons. The fourth-order valence-electron chi connectivity index (χ4n) is 1.52. The molecular formula is C13H10Cl3N3O2S.